The average molecular weight is 348 g/mol. The van der Waals surface area contributed by atoms with Crippen LogP contribution in [0.4, 0.5) is 0 Å². The van der Waals surface area contributed by atoms with E-state index in [1.54, 1.807) is 32.1 Å². The summed E-state index contributed by atoms with van der Waals surface area (Å²) in [5.41, 5.74) is 0.255. The minimum Gasteiger partial charge on any atom is -0.462 e. The molecule has 5 nitrogen and oxygen atoms in total. The van der Waals surface area contributed by atoms with Gasteiger partial charge in [0.05, 0.1) is 23.9 Å². The van der Waals surface area contributed by atoms with E-state index in [-0.39, 0.29) is 29.5 Å². The fourth-order valence-corrected chi connectivity index (χ4v) is 3.98. The second-order valence-electron chi connectivity index (χ2n) is 8.27. The molecule has 0 spiro atoms. The number of aliphatic hydroxyl groups is 2. The van der Waals surface area contributed by atoms with Crippen molar-refractivity contribution in [2.45, 2.75) is 63.4 Å². The Morgan fingerprint density at radius 2 is 2.08 bits per heavy atom. The highest BCUT2D eigenvalue weighted by Crippen LogP contribution is 2.49. The largest absolute Gasteiger partial charge is 0.462 e. The van der Waals surface area contributed by atoms with Crippen LogP contribution in [-0.4, -0.2) is 46.2 Å². The molecule has 25 heavy (non-hydrogen) atoms. The van der Waals surface area contributed by atoms with E-state index in [0.717, 1.165) is 18.4 Å². The maximum atomic E-state index is 12.3. The van der Waals surface area contributed by atoms with Gasteiger partial charge >= 0.3 is 5.97 Å². The van der Waals surface area contributed by atoms with E-state index in [1.165, 1.54) is 0 Å². The molecule has 0 aromatic carbocycles. The zero-order chi connectivity index (χ0) is 18.4. The Morgan fingerprint density at radius 3 is 2.76 bits per heavy atom. The van der Waals surface area contributed by atoms with Crippen LogP contribution in [0.15, 0.2) is 36.0 Å². The fourth-order valence-electron chi connectivity index (χ4n) is 3.98. The molecule has 2 N–H and O–H groups in total. The number of hydrogen-bond donors (Lipinski definition) is 2. The van der Waals surface area contributed by atoms with Gasteiger partial charge in [-0.2, -0.15) is 0 Å². The average Bonchev–Trinajstić information content (AvgIpc) is 3.17. The molecule has 1 aliphatic carbocycles. The van der Waals surface area contributed by atoms with E-state index in [4.69, 9.17) is 9.47 Å². The number of allylic oxidation sites excluding steroid dienone is 2. The van der Waals surface area contributed by atoms with Crippen molar-refractivity contribution < 1.29 is 24.5 Å². The molecule has 2 aliphatic heterocycles. The van der Waals surface area contributed by atoms with Gasteiger partial charge in [0.1, 0.15) is 6.10 Å². The van der Waals surface area contributed by atoms with Gasteiger partial charge in [0.25, 0.3) is 0 Å². The Labute approximate surface area is 149 Å². The van der Waals surface area contributed by atoms with Crippen molar-refractivity contribution in [1.82, 2.24) is 0 Å². The molecule has 1 saturated carbocycles. The van der Waals surface area contributed by atoms with Crippen LogP contribution in [0.5, 0.6) is 0 Å². The van der Waals surface area contributed by atoms with Crippen LogP contribution in [-0.2, 0) is 14.3 Å². The minimum atomic E-state index is -0.941. The number of carbonyl (C=O) groups is 1. The smallest absolute Gasteiger partial charge is 0.334 e. The Hall–Kier alpha value is -1.43. The predicted molar refractivity (Wildman–Crippen MR) is 93.7 cm³/mol. The van der Waals surface area contributed by atoms with Crippen LogP contribution in [0.3, 0.4) is 0 Å². The van der Waals surface area contributed by atoms with Gasteiger partial charge in [-0.05, 0) is 40.0 Å². The number of ether oxygens (including phenoxy) is 2. The van der Waals surface area contributed by atoms with Gasteiger partial charge in [-0.25, -0.2) is 4.79 Å². The lowest BCUT2D eigenvalue weighted by atomic mass is 9.76. The maximum Gasteiger partial charge on any atom is 0.334 e. The summed E-state index contributed by atoms with van der Waals surface area (Å²) in [6.45, 7) is 9.84. The number of epoxide rings is 1. The van der Waals surface area contributed by atoms with E-state index in [1.807, 2.05) is 6.92 Å². The van der Waals surface area contributed by atoms with E-state index in [0.29, 0.717) is 18.6 Å². The number of fused-ring (bicyclic) bond motifs is 2. The lowest BCUT2D eigenvalue weighted by Crippen LogP contribution is -2.35. The molecule has 0 aromatic heterocycles. The highest BCUT2D eigenvalue weighted by Gasteiger charge is 2.57. The molecular weight excluding hydrogens is 320 g/mol. The number of rotatable bonds is 2. The van der Waals surface area contributed by atoms with E-state index in [9.17, 15) is 15.0 Å². The number of esters is 1. The second-order valence-corrected chi connectivity index (χ2v) is 8.27. The van der Waals surface area contributed by atoms with Crippen LogP contribution in [0.2, 0.25) is 0 Å². The van der Waals surface area contributed by atoms with Gasteiger partial charge in [-0.3, -0.25) is 0 Å². The van der Waals surface area contributed by atoms with Crippen molar-refractivity contribution in [3.8, 4) is 0 Å². The Kier molecular flexibility index (Phi) is 4.69. The number of carbonyl (C=O) groups excluding carboxylic acids is 1. The topological polar surface area (TPSA) is 79.3 Å². The molecule has 3 aliphatic rings. The molecule has 0 radical (unpaired) electrons. The molecule has 0 bridgehead atoms. The minimum absolute atomic E-state index is 0.00724. The van der Waals surface area contributed by atoms with Gasteiger partial charge in [0, 0.05) is 17.4 Å². The molecule has 5 atom stereocenters. The summed E-state index contributed by atoms with van der Waals surface area (Å²) in [6, 6.07) is 0. The third-order valence-corrected chi connectivity index (χ3v) is 5.53. The normalized spacial score (nSPS) is 40.8. The summed E-state index contributed by atoms with van der Waals surface area (Å²) in [4.78, 5) is 12.3. The highest BCUT2D eigenvalue weighted by atomic mass is 16.6. The first-order chi connectivity index (χ1) is 11.6. The summed E-state index contributed by atoms with van der Waals surface area (Å²) in [5.74, 6) is -0.310. The second kappa shape index (κ2) is 6.38. The number of hydrogen-bond acceptors (Lipinski definition) is 5. The lowest BCUT2D eigenvalue weighted by molar-refractivity contribution is -0.144. The zero-order valence-electron chi connectivity index (χ0n) is 15.2. The SMILES string of the molecule is C=C1C[C@@H](O)C2OC2(C)CCC2/C(=C/C=C/C(C)(C)O)C(=O)OCC12. The molecule has 3 rings (SSSR count). The highest BCUT2D eigenvalue weighted by molar-refractivity contribution is 5.90. The summed E-state index contributed by atoms with van der Waals surface area (Å²) in [5, 5.41) is 20.2. The van der Waals surface area contributed by atoms with E-state index >= 15 is 0 Å². The molecule has 2 saturated heterocycles. The number of cyclic esters (lactones) is 1. The zero-order valence-corrected chi connectivity index (χ0v) is 15.2. The van der Waals surface area contributed by atoms with Gasteiger partial charge in [-0.15, -0.1) is 0 Å². The van der Waals surface area contributed by atoms with Gasteiger partial charge < -0.3 is 19.7 Å². The van der Waals surface area contributed by atoms with Crippen molar-refractivity contribution in [2.75, 3.05) is 6.61 Å². The Balaban J connectivity index is 1.88. The van der Waals surface area contributed by atoms with Crippen LogP contribution in [0, 0.1) is 11.8 Å². The van der Waals surface area contributed by atoms with Gasteiger partial charge in [0.15, 0.2) is 0 Å². The first-order valence-electron chi connectivity index (χ1n) is 8.93. The van der Waals surface area contributed by atoms with Crippen molar-refractivity contribution in [1.29, 1.82) is 0 Å². The van der Waals surface area contributed by atoms with Crippen LogP contribution < -0.4 is 0 Å². The lowest BCUT2D eigenvalue weighted by Gasteiger charge is -2.34. The molecule has 2 heterocycles. The third kappa shape index (κ3) is 3.89. The van der Waals surface area contributed by atoms with Gasteiger partial charge in [-0.1, -0.05) is 30.4 Å². The molecule has 4 unspecified atom stereocenters. The first kappa shape index (κ1) is 18.4. The monoisotopic (exact) mass is 348 g/mol. The Morgan fingerprint density at radius 1 is 1.36 bits per heavy atom. The van der Waals surface area contributed by atoms with Crippen LogP contribution >= 0.6 is 0 Å². The fraction of sp³-hybridized carbons (Fsp3) is 0.650. The van der Waals surface area contributed by atoms with Crippen molar-refractivity contribution in [2.24, 2.45) is 11.8 Å². The summed E-state index contributed by atoms with van der Waals surface area (Å²) >= 11 is 0. The molecule has 5 heteroatoms. The van der Waals surface area contributed by atoms with Crippen LogP contribution in [0.1, 0.15) is 40.0 Å². The van der Waals surface area contributed by atoms with Gasteiger partial charge in [0.2, 0.25) is 0 Å². The van der Waals surface area contributed by atoms with Crippen LogP contribution in [0.25, 0.3) is 0 Å². The molecular formula is C20H28O5. The number of aliphatic hydroxyl groups excluding tert-OH is 1. The third-order valence-electron chi connectivity index (χ3n) is 5.53. The summed E-state index contributed by atoms with van der Waals surface area (Å²) in [7, 11) is 0. The standard InChI is InChI=1S/C20H28O5/c1-12-10-16(21)17-20(4,25-17)9-7-13-14(6-5-8-19(2,3)23)18(22)24-11-15(12)13/h5-6,8,13,15-17,21,23H,1,7,9-11H2,2-4H3/b8-5+,14-6-/t13?,15?,16-,17?,20?/m1/s1. The molecule has 0 amide bonds. The van der Waals surface area contributed by atoms with E-state index < -0.39 is 11.7 Å². The van der Waals surface area contributed by atoms with Crippen molar-refractivity contribution in [3.05, 3.63) is 36.0 Å². The maximum absolute atomic E-state index is 12.3. The first-order valence-corrected chi connectivity index (χ1v) is 8.93. The van der Waals surface area contributed by atoms with Crippen molar-refractivity contribution in [3.63, 3.8) is 0 Å². The Bertz CT molecular complexity index is 626. The quantitative estimate of drug-likeness (QED) is 0.346. The van der Waals surface area contributed by atoms with Crippen molar-refractivity contribution >= 4 is 5.97 Å². The summed E-state index contributed by atoms with van der Waals surface area (Å²) in [6.07, 6.45) is 6.41. The molecule has 3 fully saturated rings. The summed E-state index contributed by atoms with van der Waals surface area (Å²) < 4.78 is 11.1. The van der Waals surface area contributed by atoms with E-state index in [2.05, 4.69) is 6.58 Å². The predicted octanol–water partition coefficient (Wildman–Crippen LogP) is 2.29. The molecule has 0 aromatic rings. The molecule has 138 valence electrons.